The van der Waals surface area contributed by atoms with Crippen LogP contribution in [0.5, 0.6) is 0 Å². The van der Waals surface area contributed by atoms with Crippen molar-refractivity contribution >= 4 is 17.5 Å². The third-order valence-electron chi connectivity index (χ3n) is 5.54. The van der Waals surface area contributed by atoms with Crippen molar-refractivity contribution in [3.63, 3.8) is 0 Å². The Kier molecular flexibility index (Phi) is 6.72. The van der Waals surface area contributed by atoms with Crippen LogP contribution in [0.2, 0.25) is 0 Å². The van der Waals surface area contributed by atoms with Gasteiger partial charge in [0, 0.05) is 43.1 Å². The molecule has 160 valence electrons. The predicted octanol–water partition coefficient (Wildman–Crippen LogP) is 3.94. The molecule has 1 aliphatic rings. The lowest BCUT2D eigenvalue weighted by atomic mass is 9.95. The molecule has 7 nitrogen and oxygen atoms in total. The van der Waals surface area contributed by atoms with Gasteiger partial charge < -0.3 is 14.7 Å². The Morgan fingerprint density at radius 1 is 1.00 bits per heavy atom. The lowest BCUT2D eigenvalue weighted by molar-refractivity contribution is -0.134. The molecule has 0 atom stereocenters. The van der Waals surface area contributed by atoms with E-state index in [1.807, 2.05) is 65.6 Å². The minimum atomic E-state index is -0.0564. The molecule has 1 fully saturated rings. The number of aryl methyl sites for hydroxylation is 1. The summed E-state index contributed by atoms with van der Waals surface area (Å²) in [7, 11) is 0. The second kappa shape index (κ2) is 10.0. The number of aromatic nitrogens is 2. The van der Waals surface area contributed by atoms with E-state index in [4.69, 9.17) is 4.52 Å². The summed E-state index contributed by atoms with van der Waals surface area (Å²) in [6, 6.07) is 19.1. The van der Waals surface area contributed by atoms with E-state index >= 15 is 0 Å². The van der Waals surface area contributed by atoms with Crippen LogP contribution in [0.25, 0.3) is 11.4 Å². The minimum Gasteiger partial charge on any atom is -0.343 e. The Balaban J connectivity index is 1.18. The number of nitrogens with one attached hydrogen (secondary N) is 1. The highest BCUT2D eigenvalue weighted by molar-refractivity contribution is 5.92. The Labute approximate surface area is 181 Å². The van der Waals surface area contributed by atoms with E-state index in [0.29, 0.717) is 56.9 Å². The summed E-state index contributed by atoms with van der Waals surface area (Å²) >= 11 is 0. The average molecular weight is 418 g/mol. The molecular weight excluding hydrogens is 392 g/mol. The van der Waals surface area contributed by atoms with Crippen LogP contribution in [0.15, 0.2) is 65.2 Å². The molecule has 0 unspecified atom stereocenters. The van der Waals surface area contributed by atoms with Crippen LogP contribution in [0, 0.1) is 5.92 Å². The van der Waals surface area contributed by atoms with Crippen molar-refractivity contribution in [1.29, 1.82) is 0 Å². The quantitative estimate of drug-likeness (QED) is 0.628. The third kappa shape index (κ3) is 5.57. The van der Waals surface area contributed by atoms with Crippen molar-refractivity contribution in [3.8, 4) is 11.4 Å². The average Bonchev–Trinajstić information content (AvgIpc) is 3.29. The van der Waals surface area contributed by atoms with Crippen molar-refractivity contribution < 1.29 is 14.1 Å². The van der Waals surface area contributed by atoms with Crippen molar-refractivity contribution in [2.75, 3.05) is 18.4 Å². The first-order chi connectivity index (χ1) is 15.2. The Morgan fingerprint density at radius 2 is 1.68 bits per heavy atom. The zero-order valence-corrected chi connectivity index (χ0v) is 17.4. The van der Waals surface area contributed by atoms with E-state index < -0.39 is 0 Å². The van der Waals surface area contributed by atoms with Crippen molar-refractivity contribution in [2.45, 2.75) is 32.1 Å². The fraction of sp³-hybridized carbons (Fsp3) is 0.333. The van der Waals surface area contributed by atoms with Crippen molar-refractivity contribution in [3.05, 3.63) is 66.6 Å². The maximum absolute atomic E-state index is 12.5. The second-order valence-electron chi connectivity index (χ2n) is 7.74. The maximum Gasteiger partial charge on any atom is 0.227 e. The molecule has 0 aliphatic carbocycles. The van der Waals surface area contributed by atoms with Crippen LogP contribution in [-0.2, 0) is 16.0 Å². The van der Waals surface area contributed by atoms with Gasteiger partial charge in [-0.25, -0.2) is 0 Å². The van der Waals surface area contributed by atoms with E-state index in [1.165, 1.54) is 0 Å². The fourth-order valence-corrected chi connectivity index (χ4v) is 3.77. The Bertz CT molecular complexity index is 996. The van der Waals surface area contributed by atoms with Gasteiger partial charge in [-0.2, -0.15) is 4.98 Å². The normalized spacial score (nSPS) is 14.4. The van der Waals surface area contributed by atoms with Crippen molar-refractivity contribution in [2.24, 2.45) is 5.92 Å². The Hall–Kier alpha value is -3.48. The molecular formula is C24H26N4O3. The number of hydrogen-bond donors (Lipinski definition) is 1. The second-order valence-corrected chi connectivity index (χ2v) is 7.74. The number of piperidine rings is 1. The van der Waals surface area contributed by atoms with Gasteiger partial charge in [0.25, 0.3) is 0 Å². The summed E-state index contributed by atoms with van der Waals surface area (Å²) in [4.78, 5) is 31.2. The lowest BCUT2D eigenvalue weighted by Crippen LogP contribution is -2.41. The zero-order chi connectivity index (χ0) is 21.5. The summed E-state index contributed by atoms with van der Waals surface area (Å²) in [5.41, 5.74) is 1.72. The number of likely N-dealkylation sites (tertiary alicyclic amines) is 1. The summed E-state index contributed by atoms with van der Waals surface area (Å²) in [5.74, 6) is 1.20. The van der Waals surface area contributed by atoms with E-state index in [1.54, 1.807) is 0 Å². The highest BCUT2D eigenvalue weighted by Gasteiger charge is 2.27. The number of anilines is 1. The lowest BCUT2D eigenvalue weighted by Gasteiger charge is -2.31. The number of hydrogen-bond acceptors (Lipinski definition) is 5. The number of carbonyl (C=O) groups excluding carboxylic acids is 2. The first-order valence-corrected chi connectivity index (χ1v) is 10.7. The molecule has 31 heavy (non-hydrogen) atoms. The molecule has 2 aromatic carbocycles. The van der Waals surface area contributed by atoms with Gasteiger partial charge in [0.05, 0.1) is 0 Å². The van der Waals surface area contributed by atoms with Gasteiger partial charge in [0.15, 0.2) is 0 Å². The van der Waals surface area contributed by atoms with Gasteiger partial charge in [0.1, 0.15) is 0 Å². The van der Waals surface area contributed by atoms with E-state index in [9.17, 15) is 9.59 Å². The maximum atomic E-state index is 12.5. The molecule has 0 radical (unpaired) electrons. The number of benzene rings is 2. The minimum absolute atomic E-state index is 0.0314. The molecule has 7 heteroatoms. The van der Waals surface area contributed by atoms with E-state index in [-0.39, 0.29) is 17.7 Å². The summed E-state index contributed by atoms with van der Waals surface area (Å²) in [5, 5.41) is 6.97. The van der Waals surface area contributed by atoms with E-state index in [2.05, 4.69) is 15.5 Å². The fourth-order valence-electron chi connectivity index (χ4n) is 3.77. The molecule has 1 aromatic heterocycles. The molecule has 2 amide bonds. The number of rotatable bonds is 7. The van der Waals surface area contributed by atoms with Gasteiger partial charge in [-0.1, -0.05) is 53.7 Å². The van der Waals surface area contributed by atoms with Crippen LogP contribution < -0.4 is 5.32 Å². The number of amides is 2. The Morgan fingerprint density at radius 3 is 2.39 bits per heavy atom. The molecule has 2 heterocycles. The SMILES string of the molecule is O=C(Nc1ccccc1)C1CCN(C(=O)CCCc2nc(-c3ccccc3)no2)CC1. The van der Waals surface area contributed by atoms with Gasteiger partial charge in [-0.3, -0.25) is 9.59 Å². The number of nitrogens with zero attached hydrogens (tertiary/aromatic N) is 3. The molecule has 1 aliphatic heterocycles. The molecule has 0 saturated carbocycles. The van der Waals surface area contributed by atoms with Gasteiger partial charge in [-0.15, -0.1) is 0 Å². The van der Waals surface area contributed by atoms with Crippen LogP contribution in [-0.4, -0.2) is 39.9 Å². The molecule has 4 rings (SSSR count). The monoisotopic (exact) mass is 418 g/mol. The third-order valence-corrected chi connectivity index (χ3v) is 5.54. The largest absolute Gasteiger partial charge is 0.343 e. The van der Waals surface area contributed by atoms with Crippen LogP contribution in [0.1, 0.15) is 31.6 Å². The summed E-state index contributed by atoms with van der Waals surface area (Å²) in [6.07, 6.45) is 3.04. The molecule has 1 saturated heterocycles. The smallest absolute Gasteiger partial charge is 0.227 e. The highest BCUT2D eigenvalue weighted by atomic mass is 16.5. The number of carbonyl (C=O) groups is 2. The van der Waals surface area contributed by atoms with Crippen molar-refractivity contribution in [1.82, 2.24) is 15.0 Å². The van der Waals surface area contributed by atoms with Crippen LogP contribution in [0.3, 0.4) is 0 Å². The first-order valence-electron chi connectivity index (χ1n) is 10.7. The highest BCUT2D eigenvalue weighted by Crippen LogP contribution is 2.21. The zero-order valence-electron chi connectivity index (χ0n) is 17.4. The topological polar surface area (TPSA) is 88.3 Å². The summed E-state index contributed by atoms with van der Waals surface area (Å²) in [6.45, 7) is 1.23. The van der Waals surface area contributed by atoms with Gasteiger partial charge in [-0.05, 0) is 31.4 Å². The van der Waals surface area contributed by atoms with Gasteiger partial charge >= 0.3 is 0 Å². The number of para-hydroxylation sites is 1. The molecule has 3 aromatic rings. The van der Waals surface area contributed by atoms with Crippen LogP contribution >= 0.6 is 0 Å². The molecule has 1 N–H and O–H groups in total. The predicted molar refractivity (Wildman–Crippen MR) is 117 cm³/mol. The molecule has 0 spiro atoms. The first kappa shape index (κ1) is 20.8. The van der Waals surface area contributed by atoms with E-state index in [0.717, 1.165) is 11.3 Å². The van der Waals surface area contributed by atoms with Gasteiger partial charge in [0.2, 0.25) is 23.5 Å². The molecule has 0 bridgehead atoms. The standard InChI is InChI=1S/C24H26N4O3/c29-22(13-7-12-21-26-23(27-31-21)18-8-3-1-4-9-18)28-16-14-19(15-17-28)24(30)25-20-10-5-2-6-11-20/h1-6,8-11,19H,7,12-17H2,(H,25,30). The summed E-state index contributed by atoms with van der Waals surface area (Å²) < 4.78 is 5.31. The van der Waals surface area contributed by atoms with Crippen LogP contribution in [0.4, 0.5) is 5.69 Å².